The van der Waals surface area contributed by atoms with E-state index in [2.05, 4.69) is 58.8 Å². The fourth-order valence-electron chi connectivity index (χ4n) is 4.15. The quantitative estimate of drug-likeness (QED) is 0.562. The standard InChI is InChI=1S/C18H24INO2/c1-11(2)22-18(21)17-15(12-4-6-13(19)7-5-12)10-14-8-9-16(17)20(14)3/h4-7,11,14-17H,8-10H2,1-3H3/t14-,15+,16-,17-/m0/s1/i19-4. The summed E-state index contributed by atoms with van der Waals surface area (Å²) < 4.78 is 6.83. The van der Waals surface area contributed by atoms with Gasteiger partial charge < -0.3 is 4.74 Å². The van der Waals surface area contributed by atoms with Crippen LogP contribution in [0.15, 0.2) is 24.3 Å². The molecule has 2 bridgehead atoms. The third-order valence-electron chi connectivity index (χ3n) is 5.19. The van der Waals surface area contributed by atoms with Crippen molar-refractivity contribution in [1.29, 1.82) is 0 Å². The summed E-state index contributed by atoms with van der Waals surface area (Å²) in [5.41, 5.74) is 1.29. The minimum Gasteiger partial charge on any atom is -0.463 e. The van der Waals surface area contributed by atoms with Gasteiger partial charge in [0.2, 0.25) is 0 Å². The normalized spacial score (nSPS) is 31.5. The van der Waals surface area contributed by atoms with Crippen molar-refractivity contribution in [1.82, 2.24) is 4.90 Å². The molecule has 0 N–H and O–H groups in total. The summed E-state index contributed by atoms with van der Waals surface area (Å²) in [5, 5.41) is 0. The van der Waals surface area contributed by atoms with Crippen LogP contribution in [-0.4, -0.2) is 36.1 Å². The van der Waals surface area contributed by atoms with Crippen LogP contribution in [0, 0.1) is 9.49 Å². The number of benzene rings is 1. The number of carbonyl (C=O) groups is 1. The number of piperidine rings is 1. The van der Waals surface area contributed by atoms with E-state index in [9.17, 15) is 4.79 Å². The van der Waals surface area contributed by atoms with E-state index in [4.69, 9.17) is 4.74 Å². The minimum absolute atomic E-state index is 0.0178. The maximum Gasteiger partial charge on any atom is 0.311 e. The first kappa shape index (κ1) is 16.2. The van der Waals surface area contributed by atoms with Crippen molar-refractivity contribution in [2.45, 2.75) is 57.2 Å². The number of ether oxygens (including phenoxy) is 1. The van der Waals surface area contributed by atoms with Crippen LogP contribution in [-0.2, 0) is 9.53 Å². The second kappa shape index (κ2) is 6.48. The second-order valence-electron chi connectivity index (χ2n) is 6.87. The molecule has 0 spiro atoms. The van der Waals surface area contributed by atoms with E-state index >= 15 is 0 Å². The van der Waals surface area contributed by atoms with Gasteiger partial charge in [-0.1, -0.05) is 12.1 Å². The lowest BCUT2D eigenvalue weighted by atomic mass is 9.76. The Bertz CT molecular complexity index is 543. The minimum atomic E-state index is -0.0469. The van der Waals surface area contributed by atoms with Crippen LogP contribution in [0.25, 0.3) is 0 Å². The summed E-state index contributed by atoms with van der Waals surface area (Å²) in [6.07, 6.45) is 3.33. The van der Waals surface area contributed by atoms with E-state index in [-0.39, 0.29) is 23.9 Å². The van der Waals surface area contributed by atoms with Crippen molar-refractivity contribution in [3.8, 4) is 0 Å². The molecule has 0 amide bonds. The van der Waals surface area contributed by atoms with E-state index in [0.29, 0.717) is 12.1 Å². The van der Waals surface area contributed by atoms with Crippen molar-refractivity contribution in [2.24, 2.45) is 5.92 Å². The van der Waals surface area contributed by atoms with Gasteiger partial charge in [-0.25, -0.2) is 0 Å². The predicted molar refractivity (Wildman–Crippen MR) is 95.8 cm³/mol. The smallest absolute Gasteiger partial charge is 0.311 e. The van der Waals surface area contributed by atoms with Crippen LogP contribution in [0.3, 0.4) is 0 Å². The van der Waals surface area contributed by atoms with Gasteiger partial charge in [-0.2, -0.15) is 0 Å². The van der Waals surface area contributed by atoms with E-state index < -0.39 is 0 Å². The molecule has 3 nitrogen and oxygen atoms in total. The first-order valence-electron chi connectivity index (χ1n) is 8.15. The van der Waals surface area contributed by atoms with Gasteiger partial charge in [0.25, 0.3) is 0 Å². The molecule has 2 fully saturated rings. The van der Waals surface area contributed by atoms with Crippen LogP contribution >= 0.6 is 22.6 Å². The number of nitrogens with zero attached hydrogens (tertiary/aromatic N) is 1. The van der Waals surface area contributed by atoms with Gasteiger partial charge in [-0.15, -0.1) is 0 Å². The Kier molecular flexibility index (Phi) is 4.78. The highest BCUT2D eigenvalue weighted by molar-refractivity contribution is 14.1. The average molecular weight is 409 g/mol. The molecule has 0 unspecified atom stereocenters. The van der Waals surface area contributed by atoms with Crippen molar-refractivity contribution in [3.63, 3.8) is 0 Å². The molecule has 120 valence electrons. The summed E-state index contributed by atoms with van der Waals surface area (Å²) in [6, 6.07) is 9.59. The molecule has 3 rings (SSSR count). The number of esters is 1. The van der Waals surface area contributed by atoms with Crippen LogP contribution in [0.5, 0.6) is 0 Å². The van der Waals surface area contributed by atoms with E-state index in [0.717, 1.165) is 12.8 Å². The average Bonchev–Trinajstić information content (AvgIpc) is 2.71. The largest absolute Gasteiger partial charge is 0.463 e. The van der Waals surface area contributed by atoms with Crippen LogP contribution in [0.2, 0.25) is 0 Å². The molecule has 2 heterocycles. The van der Waals surface area contributed by atoms with E-state index in [1.165, 1.54) is 15.6 Å². The Hall–Kier alpha value is -0.620. The topological polar surface area (TPSA) is 29.5 Å². The molecule has 4 heteroatoms. The zero-order chi connectivity index (χ0) is 15.9. The van der Waals surface area contributed by atoms with Gasteiger partial charge in [-0.05, 0) is 80.4 Å². The molecular weight excluding hydrogens is 385 g/mol. The van der Waals surface area contributed by atoms with Crippen LogP contribution in [0.4, 0.5) is 0 Å². The first-order valence-corrected chi connectivity index (χ1v) is 9.23. The Balaban J connectivity index is 1.91. The van der Waals surface area contributed by atoms with Gasteiger partial charge in [0, 0.05) is 21.6 Å². The SMILES string of the molecule is CC(C)OC(=O)[C@H]1[C@@H](c2ccc([123I])cc2)C[C@@H]2CC[C@@H]1N2C. The number of halogens is 1. The van der Waals surface area contributed by atoms with Gasteiger partial charge >= 0.3 is 5.97 Å². The fraction of sp³-hybridized carbons (Fsp3) is 0.611. The maximum atomic E-state index is 12.7. The zero-order valence-corrected chi connectivity index (χ0v) is 15.6. The number of carbonyl (C=O) groups excluding carboxylic acids is 1. The maximum absolute atomic E-state index is 12.7. The zero-order valence-electron chi connectivity index (χ0n) is 13.5. The monoisotopic (exact) mass is 409 g/mol. The summed E-state index contributed by atoms with van der Waals surface area (Å²) in [4.78, 5) is 15.2. The van der Waals surface area contributed by atoms with Crippen molar-refractivity contribution in [3.05, 3.63) is 33.4 Å². The Labute approximate surface area is 146 Å². The van der Waals surface area contributed by atoms with E-state index in [1.807, 2.05) is 13.8 Å². The molecule has 2 saturated heterocycles. The predicted octanol–water partition coefficient (Wildman–Crippen LogP) is 3.81. The Morgan fingerprint density at radius 3 is 2.59 bits per heavy atom. The van der Waals surface area contributed by atoms with Gasteiger partial charge in [0.15, 0.2) is 0 Å². The lowest BCUT2D eigenvalue weighted by molar-refractivity contribution is -0.157. The molecule has 2 aliphatic heterocycles. The van der Waals surface area contributed by atoms with Crippen LogP contribution in [0.1, 0.15) is 44.6 Å². The van der Waals surface area contributed by atoms with Crippen molar-refractivity contribution >= 4 is 28.6 Å². The van der Waals surface area contributed by atoms with Gasteiger partial charge in [-0.3, -0.25) is 9.69 Å². The van der Waals surface area contributed by atoms with Crippen molar-refractivity contribution in [2.75, 3.05) is 7.05 Å². The molecule has 4 atom stereocenters. The lowest BCUT2D eigenvalue weighted by Crippen LogP contribution is -2.49. The first-order chi connectivity index (χ1) is 10.5. The highest BCUT2D eigenvalue weighted by atomic mass is 123. The second-order valence-corrected chi connectivity index (χ2v) is 8.11. The molecule has 1 aromatic rings. The summed E-state index contributed by atoms with van der Waals surface area (Å²) >= 11 is 2.33. The molecular formula is C18H24INO2. The third-order valence-corrected chi connectivity index (χ3v) is 5.91. The van der Waals surface area contributed by atoms with Crippen LogP contribution < -0.4 is 0 Å². The van der Waals surface area contributed by atoms with E-state index in [1.54, 1.807) is 0 Å². The number of rotatable bonds is 3. The summed E-state index contributed by atoms with van der Waals surface area (Å²) in [7, 11) is 2.17. The van der Waals surface area contributed by atoms with Crippen molar-refractivity contribution < 1.29 is 9.53 Å². The number of fused-ring (bicyclic) bond motifs is 2. The van der Waals surface area contributed by atoms with Gasteiger partial charge in [0.1, 0.15) is 0 Å². The Morgan fingerprint density at radius 2 is 1.95 bits per heavy atom. The molecule has 0 radical (unpaired) electrons. The van der Waals surface area contributed by atoms with Gasteiger partial charge in [0.05, 0.1) is 12.0 Å². The highest BCUT2D eigenvalue weighted by Gasteiger charge is 2.49. The fourth-order valence-corrected chi connectivity index (χ4v) is 4.51. The third kappa shape index (κ3) is 3.04. The highest BCUT2D eigenvalue weighted by Crippen LogP contribution is 2.46. The molecule has 0 aromatic heterocycles. The molecule has 0 aliphatic carbocycles. The number of hydrogen-bond acceptors (Lipinski definition) is 3. The number of hydrogen-bond donors (Lipinski definition) is 0. The molecule has 2 aliphatic rings. The summed E-state index contributed by atoms with van der Waals surface area (Å²) in [6.45, 7) is 3.86. The molecule has 0 saturated carbocycles. The lowest BCUT2D eigenvalue weighted by Gasteiger charge is -2.42. The molecule has 22 heavy (non-hydrogen) atoms. The molecule has 1 aromatic carbocycles. The Morgan fingerprint density at radius 1 is 1.27 bits per heavy atom. The summed E-state index contributed by atoms with van der Waals surface area (Å²) in [5.74, 6) is 0.235.